The molecule has 12 unspecified atom stereocenters. The highest BCUT2D eigenvalue weighted by molar-refractivity contribution is 4.89. The van der Waals surface area contributed by atoms with Crippen molar-refractivity contribution in [2.45, 2.75) is 121 Å². The van der Waals surface area contributed by atoms with E-state index in [0.717, 1.165) is 6.42 Å². The Bertz CT molecular complexity index is 523. The van der Waals surface area contributed by atoms with Crippen LogP contribution in [0.15, 0.2) is 0 Å². The second kappa shape index (κ2) is 10.5. The number of aliphatic hydroxyl groups is 2. The largest absolute Gasteiger partial charge is 0.390 e. The van der Waals surface area contributed by atoms with Crippen molar-refractivity contribution in [3.8, 4) is 0 Å². The fraction of sp³-hybridized carbons (Fsp3) is 1.00. The van der Waals surface area contributed by atoms with Crippen molar-refractivity contribution in [3.63, 3.8) is 0 Å². The maximum absolute atomic E-state index is 10.0. The molecule has 0 bridgehead atoms. The summed E-state index contributed by atoms with van der Waals surface area (Å²) in [6.45, 7) is 7.63. The van der Waals surface area contributed by atoms with Crippen LogP contribution in [0.25, 0.3) is 0 Å². The van der Waals surface area contributed by atoms with Gasteiger partial charge in [-0.05, 0) is 27.7 Å². The van der Waals surface area contributed by atoms with Gasteiger partial charge in [0, 0.05) is 33.5 Å². The molecular weight excluding hydrogens is 396 g/mol. The lowest BCUT2D eigenvalue weighted by molar-refractivity contribution is -0.328. The normalized spacial score (nSPS) is 50.4. The number of hydrogen-bond donors (Lipinski definition) is 2. The van der Waals surface area contributed by atoms with Crippen molar-refractivity contribution in [1.82, 2.24) is 0 Å². The average Bonchev–Trinajstić information content (AvgIpc) is 2.69. The summed E-state index contributed by atoms with van der Waals surface area (Å²) in [6, 6.07) is 0. The van der Waals surface area contributed by atoms with Gasteiger partial charge in [-0.2, -0.15) is 0 Å². The fourth-order valence-corrected chi connectivity index (χ4v) is 4.67. The molecule has 0 aromatic heterocycles. The molecule has 3 heterocycles. The van der Waals surface area contributed by atoms with E-state index < -0.39 is 37.0 Å². The second-order valence-corrected chi connectivity index (χ2v) is 8.71. The molecule has 3 aliphatic rings. The van der Waals surface area contributed by atoms with Gasteiger partial charge >= 0.3 is 0 Å². The quantitative estimate of drug-likeness (QED) is 0.633. The summed E-state index contributed by atoms with van der Waals surface area (Å²) >= 11 is 0. The number of ether oxygens (including phenoxy) is 7. The lowest BCUT2D eigenvalue weighted by Gasteiger charge is -2.45. The lowest BCUT2D eigenvalue weighted by atomic mass is 9.98. The Labute approximate surface area is 178 Å². The zero-order valence-electron chi connectivity index (χ0n) is 18.8. The van der Waals surface area contributed by atoms with Crippen molar-refractivity contribution in [2.75, 3.05) is 14.2 Å². The first kappa shape index (κ1) is 24.3. The van der Waals surface area contributed by atoms with Gasteiger partial charge in [-0.25, -0.2) is 0 Å². The van der Waals surface area contributed by atoms with Crippen LogP contribution in [0.4, 0.5) is 0 Å². The van der Waals surface area contributed by atoms with E-state index in [-0.39, 0.29) is 43.0 Å². The van der Waals surface area contributed by atoms with Crippen molar-refractivity contribution in [3.05, 3.63) is 0 Å². The zero-order chi connectivity index (χ0) is 22.0. The van der Waals surface area contributed by atoms with Crippen LogP contribution in [0.1, 0.15) is 47.0 Å². The van der Waals surface area contributed by atoms with Gasteiger partial charge in [0.15, 0.2) is 12.6 Å². The molecule has 3 rings (SSSR count). The maximum Gasteiger partial charge on any atom is 0.161 e. The van der Waals surface area contributed by atoms with Gasteiger partial charge in [-0.3, -0.25) is 0 Å². The van der Waals surface area contributed by atoms with Crippen LogP contribution in [-0.4, -0.2) is 98.1 Å². The minimum atomic E-state index is -0.919. The molecule has 2 N–H and O–H groups in total. The average molecular weight is 435 g/mol. The summed E-state index contributed by atoms with van der Waals surface area (Å²) in [5.41, 5.74) is 0. The van der Waals surface area contributed by atoms with Gasteiger partial charge in [0.2, 0.25) is 0 Å². The summed E-state index contributed by atoms with van der Waals surface area (Å²) in [5.74, 6) is 0. The van der Waals surface area contributed by atoms with Crippen LogP contribution >= 0.6 is 0 Å². The van der Waals surface area contributed by atoms with E-state index in [0.29, 0.717) is 6.42 Å². The lowest BCUT2D eigenvalue weighted by Crippen LogP contribution is -2.56. The number of methoxy groups -OCH3 is 2. The van der Waals surface area contributed by atoms with E-state index in [1.54, 1.807) is 21.1 Å². The third kappa shape index (κ3) is 5.51. The molecule has 3 fully saturated rings. The third-order valence-electron chi connectivity index (χ3n) is 6.36. The Kier molecular flexibility index (Phi) is 8.50. The topological polar surface area (TPSA) is 105 Å². The molecule has 0 saturated carbocycles. The summed E-state index contributed by atoms with van der Waals surface area (Å²) in [7, 11) is 3.32. The standard InChI is InChI=1S/C21H38O9/c1-10-7-15(24-5)20(12(3)26-10)30-18-9-16(25-6)21(13(4)28-18)29-17-8-14(22)19(23)11(2)27-17/h10-23H,7-9H2,1-6H3. The van der Waals surface area contributed by atoms with Gasteiger partial charge in [-0.1, -0.05) is 0 Å². The Morgan fingerprint density at radius 1 is 0.667 bits per heavy atom. The highest BCUT2D eigenvalue weighted by atomic mass is 16.7. The van der Waals surface area contributed by atoms with E-state index in [4.69, 9.17) is 33.2 Å². The highest BCUT2D eigenvalue weighted by Crippen LogP contribution is 2.32. The molecule has 0 radical (unpaired) electrons. The van der Waals surface area contributed by atoms with Crippen LogP contribution < -0.4 is 0 Å². The summed E-state index contributed by atoms with van der Waals surface area (Å²) in [6.07, 6.45) is -3.31. The van der Waals surface area contributed by atoms with Crippen molar-refractivity contribution in [1.29, 1.82) is 0 Å². The van der Waals surface area contributed by atoms with Gasteiger partial charge in [0.1, 0.15) is 18.3 Å². The fourth-order valence-electron chi connectivity index (χ4n) is 4.67. The Balaban J connectivity index is 1.60. The van der Waals surface area contributed by atoms with E-state index in [9.17, 15) is 10.2 Å². The molecule has 12 atom stereocenters. The first-order chi connectivity index (χ1) is 14.2. The Morgan fingerprint density at radius 2 is 1.17 bits per heavy atom. The van der Waals surface area contributed by atoms with E-state index in [1.165, 1.54) is 0 Å². The van der Waals surface area contributed by atoms with Gasteiger partial charge in [-0.15, -0.1) is 0 Å². The van der Waals surface area contributed by atoms with Crippen LogP contribution in [-0.2, 0) is 33.2 Å². The molecule has 0 spiro atoms. The number of rotatable bonds is 6. The van der Waals surface area contributed by atoms with Gasteiger partial charge in [0.05, 0.1) is 42.7 Å². The summed E-state index contributed by atoms with van der Waals surface area (Å²) < 4.78 is 41.5. The molecule has 30 heavy (non-hydrogen) atoms. The van der Waals surface area contributed by atoms with Crippen molar-refractivity contribution >= 4 is 0 Å². The molecule has 3 aliphatic heterocycles. The van der Waals surface area contributed by atoms with Gasteiger partial charge in [0.25, 0.3) is 0 Å². The smallest absolute Gasteiger partial charge is 0.161 e. The number of hydrogen-bond acceptors (Lipinski definition) is 9. The minimum Gasteiger partial charge on any atom is -0.390 e. The number of aliphatic hydroxyl groups excluding tert-OH is 2. The highest BCUT2D eigenvalue weighted by Gasteiger charge is 2.45. The molecule has 0 aliphatic carbocycles. The van der Waals surface area contributed by atoms with Crippen LogP contribution in [0.5, 0.6) is 0 Å². The third-order valence-corrected chi connectivity index (χ3v) is 6.36. The molecule has 9 nitrogen and oxygen atoms in total. The Morgan fingerprint density at radius 3 is 1.73 bits per heavy atom. The van der Waals surface area contributed by atoms with Crippen molar-refractivity contribution in [2.24, 2.45) is 0 Å². The van der Waals surface area contributed by atoms with Crippen molar-refractivity contribution < 1.29 is 43.4 Å². The first-order valence-electron chi connectivity index (χ1n) is 10.9. The van der Waals surface area contributed by atoms with E-state index in [2.05, 4.69) is 0 Å². The van der Waals surface area contributed by atoms with Crippen LogP contribution in [0.2, 0.25) is 0 Å². The minimum absolute atomic E-state index is 0.0670. The van der Waals surface area contributed by atoms with Crippen LogP contribution in [0, 0.1) is 0 Å². The van der Waals surface area contributed by atoms with Gasteiger partial charge < -0.3 is 43.4 Å². The Hall–Kier alpha value is -0.360. The molecule has 176 valence electrons. The summed E-state index contributed by atoms with van der Waals surface area (Å²) in [5, 5.41) is 19.9. The summed E-state index contributed by atoms with van der Waals surface area (Å²) in [4.78, 5) is 0. The molecular formula is C21H38O9. The molecule has 0 aromatic rings. The van der Waals surface area contributed by atoms with E-state index in [1.807, 2.05) is 20.8 Å². The van der Waals surface area contributed by atoms with Crippen LogP contribution in [0.3, 0.4) is 0 Å². The predicted octanol–water partition coefficient (Wildman–Crippen LogP) is 0.976. The zero-order valence-corrected chi connectivity index (χ0v) is 18.8. The monoisotopic (exact) mass is 434 g/mol. The predicted molar refractivity (Wildman–Crippen MR) is 106 cm³/mol. The molecule has 0 aromatic carbocycles. The SMILES string of the molecule is COC1CC(C)OC(C)C1OC1CC(OC)C(OC2CC(O)C(O)C(C)O2)C(C)O1. The maximum atomic E-state index is 10.0. The first-order valence-corrected chi connectivity index (χ1v) is 10.9. The molecule has 9 heteroatoms. The molecule has 3 saturated heterocycles. The molecule has 0 amide bonds. The second-order valence-electron chi connectivity index (χ2n) is 8.71. The van der Waals surface area contributed by atoms with E-state index >= 15 is 0 Å².